The molecule has 0 radical (unpaired) electrons. The van der Waals surface area contributed by atoms with Gasteiger partial charge in [0.25, 0.3) is 0 Å². The van der Waals surface area contributed by atoms with E-state index in [0.29, 0.717) is 12.1 Å². The fourth-order valence-electron chi connectivity index (χ4n) is 1.60. The molecule has 5 heteroatoms. The maximum absolute atomic E-state index is 5.60. The highest BCUT2D eigenvalue weighted by Gasteiger charge is 2.02. The van der Waals surface area contributed by atoms with Gasteiger partial charge in [0.1, 0.15) is 5.75 Å². The Balaban J connectivity index is 0.00000200. The SMILES string of the molecule is CCC(C)NCc1cccc(Oc2ncccn2)c1.Cl. The number of ether oxygens (including phenoxy) is 1. The van der Waals surface area contributed by atoms with Crippen LogP contribution in [0, 0.1) is 0 Å². The summed E-state index contributed by atoms with van der Waals surface area (Å²) in [5, 5.41) is 3.45. The maximum atomic E-state index is 5.60. The molecule has 0 bridgehead atoms. The Morgan fingerprint density at radius 2 is 1.95 bits per heavy atom. The zero-order valence-electron chi connectivity index (χ0n) is 11.7. The summed E-state index contributed by atoms with van der Waals surface area (Å²) in [5.41, 5.74) is 1.19. The van der Waals surface area contributed by atoms with Gasteiger partial charge in [0, 0.05) is 25.0 Å². The van der Waals surface area contributed by atoms with Crippen LogP contribution in [0.3, 0.4) is 0 Å². The second kappa shape index (κ2) is 8.51. The number of benzene rings is 1. The summed E-state index contributed by atoms with van der Waals surface area (Å²) in [4.78, 5) is 8.08. The molecular weight excluding hydrogens is 274 g/mol. The van der Waals surface area contributed by atoms with Crippen LogP contribution in [-0.4, -0.2) is 16.0 Å². The molecule has 4 nitrogen and oxygen atoms in total. The molecule has 2 aromatic rings. The normalized spacial score (nSPS) is 11.5. The molecular formula is C15H20ClN3O. The Hall–Kier alpha value is -1.65. The van der Waals surface area contributed by atoms with Crippen LogP contribution in [0.1, 0.15) is 25.8 Å². The van der Waals surface area contributed by atoms with Crippen molar-refractivity contribution in [3.63, 3.8) is 0 Å². The zero-order chi connectivity index (χ0) is 13.5. The van der Waals surface area contributed by atoms with Crippen molar-refractivity contribution >= 4 is 12.4 Å². The highest BCUT2D eigenvalue weighted by molar-refractivity contribution is 5.85. The van der Waals surface area contributed by atoms with E-state index in [2.05, 4.69) is 35.2 Å². The van der Waals surface area contributed by atoms with E-state index in [1.165, 1.54) is 5.56 Å². The molecule has 0 amide bonds. The summed E-state index contributed by atoms with van der Waals surface area (Å²) in [6.07, 6.45) is 4.45. The van der Waals surface area contributed by atoms with Gasteiger partial charge in [0.2, 0.25) is 0 Å². The van der Waals surface area contributed by atoms with Crippen LogP contribution in [0.2, 0.25) is 0 Å². The predicted molar refractivity (Wildman–Crippen MR) is 82.4 cm³/mol. The first-order chi connectivity index (χ1) is 9.28. The van der Waals surface area contributed by atoms with Gasteiger partial charge in [-0.1, -0.05) is 19.1 Å². The standard InChI is InChI=1S/C15H19N3O.ClH/c1-3-12(2)18-11-13-6-4-7-14(10-13)19-15-16-8-5-9-17-15;/h4-10,12,18H,3,11H2,1-2H3;1H. The lowest BCUT2D eigenvalue weighted by molar-refractivity contribution is 0.440. The number of rotatable bonds is 6. The van der Waals surface area contributed by atoms with Crippen molar-refractivity contribution in [2.45, 2.75) is 32.9 Å². The summed E-state index contributed by atoms with van der Waals surface area (Å²) >= 11 is 0. The van der Waals surface area contributed by atoms with Crippen LogP contribution in [0.15, 0.2) is 42.7 Å². The third-order valence-electron chi connectivity index (χ3n) is 2.92. The van der Waals surface area contributed by atoms with Crippen LogP contribution in [0.5, 0.6) is 11.8 Å². The quantitative estimate of drug-likeness (QED) is 0.884. The van der Waals surface area contributed by atoms with E-state index in [-0.39, 0.29) is 12.4 Å². The van der Waals surface area contributed by atoms with Crippen LogP contribution in [0.4, 0.5) is 0 Å². The Bertz CT molecular complexity index is 507. The number of halogens is 1. The van der Waals surface area contributed by atoms with Gasteiger partial charge in [0.05, 0.1) is 0 Å². The molecule has 2 rings (SSSR count). The minimum Gasteiger partial charge on any atom is -0.424 e. The van der Waals surface area contributed by atoms with E-state index in [9.17, 15) is 0 Å². The molecule has 1 N–H and O–H groups in total. The summed E-state index contributed by atoms with van der Waals surface area (Å²) in [6, 6.07) is 10.6. The first kappa shape index (κ1) is 16.4. The van der Waals surface area contributed by atoms with E-state index in [1.807, 2.05) is 18.2 Å². The van der Waals surface area contributed by atoms with Crippen molar-refractivity contribution in [1.29, 1.82) is 0 Å². The van der Waals surface area contributed by atoms with Gasteiger partial charge in [-0.05, 0) is 37.1 Å². The van der Waals surface area contributed by atoms with Crippen molar-refractivity contribution < 1.29 is 4.74 Å². The molecule has 0 fully saturated rings. The van der Waals surface area contributed by atoms with Crippen LogP contribution in [-0.2, 0) is 6.54 Å². The monoisotopic (exact) mass is 293 g/mol. The molecule has 0 aliphatic heterocycles. The Labute approximate surface area is 126 Å². The summed E-state index contributed by atoms with van der Waals surface area (Å²) in [6.45, 7) is 5.18. The van der Waals surface area contributed by atoms with E-state index in [0.717, 1.165) is 18.7 Å². The molecule has 0 saturated heterocycles. The van der Waals surface area contributed by atoms with Crippen molar-refractivity contribution in [2.24, 2.45) is 0 Å². The van der Waals surface area contributed by atoms with Gasteiger partial charge < -0.3 is 10.1 Å². The molecule has 0 saturated carbocycles. The molecule has 108 valence electrons. The predicted octanol–water partition coefficient (Wildman–Crippen LogP) is 3.58. The van der Waals surface area contributed by atoms with Gasteiger partial charge >= 0.3 is 6.01 Å². The maximum Gasteiger partial charge on any atom is 0.321 e. The second-order valence-corrected chi connectivity index (χ2v) is 4.47. The van der Waals surface area contributed by atoms with Crippen LogP contribution in [0.25, 0.3) is 0 Å². The lowest BCUT2D eigenvalue weighted by Gasteiger charge is -2.11. The zero-order valence-corrected chi connectivity index (χ0v) is 12.6. The number of nitrogens with zero attached hydrogens (tertiary/aromatic N) is 2. The highest BCUT2D eigenvalue weighted by atomic mass is 35.5. The van der Waals surface area contributed by atoms with Crippen molar-refractivity contribution in [3.8, 4) is 11.8 Å². The van der Waals surface area contributed by atoms with Gasteiger partial charge in [-0.25, -0.2) is 9.97 Å². The average molecular weight is 294 g/mol. The lowest BCUT2D eigenvalue weighted by Crippen LogP contribution is -2.24. The Morgan fingerprint density at radius 1 is 1.20 bits per heavy atom. The molecule has 1 unspecified atom stereocenters. The van der Waals surface area contributed by atoms with Gasteiger partial charge in [-0.2, -0.15) is 0 Å². The Morgan fingerprint density at radius 3 is 2.65 bits per heavy atom. The highest BCUT2D eigenvalue weighted by Crippen LogP contribution is 2.18. The average Bonchev–Trinajstić information content (AvgIpc) is 2.46. The van der Waals surface area contributed by atoms with E-state index >= 15 is 0 Å². The molecule has 20 heavy (non-hydrogen) atoms. The van der Waals surface area contributed by atoms with Gasteiger partial charge in [-0.3, -0.25) is 0 Å². The van der Waals surface area contributed by atoms with Crippen molar-refractivity contribution in [2.75, 3.05) is 0 Å². The molecule has 1 heterocycles. The largest absolute Gasteiger partial charge is 0.424 e. The van der Waals surface area contributed by atoms with Crippen LogP contribution < -0.4 is 10.1 Å². The second-order valence-electron chi connectivity index (χ2n) is 4.47. The first-order valence-corrected chi connectivity index (χ1v) is 6.55. The van der Waals surface area contributed by atoms with Gasteiger partial charge in [0.15, 0.2) is 0 Å². The smallest absolute Gasteiger partial charge is 0.321 e. The van der Waals surface area contributed by atoms with E-state index in [1.54, 1.807) is 18.5 Å². The minimum atomic E-state index is 0. The summed E-state index contributed by atoms with van der Waals surface area (Å²) < 4.78 is 5.60. The van der Waals surface area contributed by atoms with E-state index in [4.69, 9.17) is 4.74 Å². The van der Waals surface area contributed by atoms with Crippen molar-refractivity contribution in [3.05, 3.63) is 48.3 Å². The topological polar surface area (TPSA) is 47.0 Å². The number of nitrogens with one attached hydrogen (secondary N) is 1. The minimum absolute atomic E-state index is 0. The molecule has 0 aliphatic rings. The third kappa shape index (κ3) is 5.15. The first-order valence-electron chi connectivity index (χ1n) is 6.55. The van der Waals surface area contributed by atoms with E-state index < -0.39 is 0 Å². The fourth-order valence-corrected chi connectivity index (χ4v) is 1.60. The van der Waals surface area contributed by atoms with Crippen molar-refractivity contribution in [1.82, 2.24) is 15.3 Å². The number of hydrogen-bond acceptors (Lipinski definition) is 4. The molecule has 1 aromatic carbocycles. The molecule has 0 spiro atoms. The van der Waals surface area contributed by atoms with Gasteiger partial charge in [-0.15, -0.1) is 12.4 Å². The van der Waals surface area contributed by atoms with Crippen LogP contribution >= 0.6 is 12.4 Å². The number of aromatic nitrogens is 2. The summed E-state index contributed by atoms with van der Waals surface area (Å²) in [5.74, 6) is 0.759. The number of hydrogen-bond donors (Lipinski definition) is 1. The molecule has 1 atom stereocenters. The summed E-state index contributed by atoms with van der Waals surface area (Å²) in [7, 11) is 0. The molecule has 0 aliphatic carbocycles. The fraction of sp³-hybridized carbons (Fsp3) is 0.333. The Kier molecular flexibility index (Phi) is 6.98. The molecule has 1 aromatic heterocycles. The third-order valence-corrected chi connectivity index (χ3v) is 2.92. The lowest BCUT2D eigenvalue weighted by atomic mass is 10.2.